The fraction of sp³-hybridized carbons (Fsp3) is 0.800. The van der Waals surface area contributed by atoms with Crippen LogP contribution in [0.25, 0.3) is 0 Å². The van der Waals surface area contributed by atoms with Crippen LogP contribution in [0.15, 0.2) is 11.4 Å². The van der Waals surface area contributed by atoms with Gasteiger partial charge in [0.1, 0.15) is 0 Å². The molecule has 0 spiro atoms. The van der Waals surface area contributed by atoms with E-state index >= 15 is 0 Å². The van der Waals surface area contributed by atoms with Gasteiger partial charge in [0, 0.05) is 5.57 Å². The molecule has 1 aliphatic carbocycles. The van der Waals surface area contributed by atoms with Crippen molar-refractivity contribution >= 4 is 0 Å². The molecule has 0 aliphatic heterocycles. The lowest BCUT2D eigenvalue weighted by Crippen LogP contribution is -2.61. The molecule has 0 heterocycles. The Hall–Kier alpha value is -1.38. The minimum absolute atomic E-state index is 4.43. The Labute approximate surface area is 131 Å². The fourth-order valence-corrected chi connectivity index (χ4v) is 2.49. The summed E-state index contributed by atoms with van der Waals surface area (Å²) in [6.07, 6.45) is -35.2. The first-order valence-corrected chi connectivity index (χ1v) is 5.75. The van der Waals surface area contributed by atoms with Crippen LogP contribution in [-0.2, 0) is 0 Å². The molecule has 0 fully saturated rings. The maximum Gasteiger partial charge on any atom is 0.410 e. The van der Waals surface area contributed by atoms with Crippen LogP contribution in [0.5, 0.6) is 0 Å². The summed E-state index contributed by atoms with van der Waals surface area (Å²) in [6, 6.07) is 0. The summed E-state index contributed by atoms with van der Waals surface area (Å²) in [5.41, 5.74) is -11.6. The molecule has 0 N–H and O–H groups in total. The molecule has 1 unspecified atom stereocenters. The van der Waals surface area contributed by atoms with Gasteiger partial charge in [0.05, 0.1) is 0 Å². The number of hydrogen-bond donors (Lipinski definition) is 0. The summed E-state index contributed by atoms with van der Waals surface area (Å²) in [4.78, 5) is 0. The highest BCUT2D eigenvalue weighted by Crippen LogP contribution is 2.70. The fourth-order valence-electron chi connectivity index (χ4n) is 2.49. The van der Waals surface area contributed by atoms with E-state index in [9.17, 15) is 70.2 Å². The average molecular weight is 426 g/mol. The summed E-state index contributed by atoms with van der Waals surface area (Å²) < 4.78 is 205. The monoisotopic (exact) mass is 426 g/mol. The smallest absolute Gasteiger partial charge is 0.239 e. The lowest BCUT2D eigenvalue weighted by Gasteiger charge is -2.40. The first kappa shape index (κ1) is 22.7. The van der Waals surface area contributed by atoms with Gasteiger partial charge >= 0.3 is 30.6 Å². The van der Waals surface area contributed by atoms with E-state index < -0.39 is 59.5 Å². The third kappa shape index (κ3) is 2.88. The van der Waals surface area contributed by atoms with Crippen molar-refractivity contribution in [1.29, 1.82) is 0 Å². The summed E-state index contributed by atoms with van der Waals surface area (Å²) in [5.74, 6) is -17.0. The molecule has 154 valence electrons. The van der Waals surface area contributed by atoms with Gasteiger partial charge in [0.15, 0.2) is 17.9 Å². The van der Waals surface area contributed by atoms with Crippen molar-refractivity contribution in [2.75, 3.05) is 0 Å². The highest BCUT2D eigenvalue weighted by molar-refractivity contribution is 5.42. The summed E-state index contributed by atoms with van der Waals surface area (Å²) in [6.45, 7) is 0. The topological polar surface area (TPSA) is 0 Å². The Morgan fingerprint density at radius 3 is 1.23 bits per heavy atom. The number of allylic oxidation sites excluding steroid dienone is 2. The third-order valence-corrected chi connectivity index (χ3v) is 3.49. The van der Waals surface area contributed by atoms with Gasteiger partial charge in [-0.05, 0) is 0 Å². The molecule has 0 saturated heterocycles. The molecule has 16 heteroatoms. The lowest BCUT2D eigenvalue weighted by molar-refractivity contribution is -0.361. The third-order valence-electron chi connectivity index (χ3n) is 3.49. The minimum atomic E-state index is -7.52. The molecule has 1 aliphatic rings. The van der Waals surface area contributed by atoms with Crippen LogP contribution in [0.4, 0.5) is 70.2 Å². The number of halogens is 16. The van der Waals surface area contributed by atoms with E-state index in [0.29, 0.717) is 0 Å². The SMILES string of the molecule is FC1=C(C(C(F)(F)F)C(F)(F)F)C(C(F)(F)F)(C(F)(F)F)C(F)C1(F)F. The second-order valence-electron chi connectivity index (χ2n) is 5.03. The highest BCUT2D eigenvalue weighted by Gasteiger charge is 2.88. The Kier molecular flexibility index (Phi) is 4.85. The lowest BCUT2D eigenvalue weighted by atomic mass is 9.72. The van der Waals surface area contributed by atoms with E-state index in [2.05, 4.69) is 0 Å². The molecule has 0 aromatic rings. The molecule has 0 aromatic carbocycles. The molecule has 0 bridgehead atoms. The largest absolute Gasteiger partial charge is 0.410 e. The zero-order valence-electron chi connectivity index (χ0n) is 11.2. The standard InChI is InChI=1S/C10H2F16/c11-3-1(2(7(15,16)17)8(18,19)20)5(9(21,22)23,10(24,25)26)4(12)6(3,13)14/h2,4H. The number of alkyl halides is 15. The van der Waals surface area contributed by atoms with Crippen molar-refractivity contribution in [3.63, 3.8) is 0 Å². The Morgan fingerprint density at radius 2 is 1.00 bits per heavy atom. The predicted octanol–water partition coefficient (Wildman–Crippen LogP) is 6.05. The van der Waals surface area contributed by atoms with Gasteiger partial charge in [-0.2, -0.15) is 61.5 Å². The zero-order valence-corrected chi connectivity index (χ0v) is 11.2. The van der Waals surface area contributed by atoms with Gasteiger partial charge in [-0.3, -0.25) is 0 Å². The van der Waals surface area contributed by atoms with E-state index in [4.69, 9.17) is 0 Å². The number of rotatable bonds is 1. The molecule has 0 aromatic heterocycles. The van der Waals surface area contributed by atoms with E-state index in [1.54, 1.807) is 0 Å². The van der Waals surface area contributed by atoms with Crippen LogP contribution in [0, 0.1) is 11.3 Å². The van der Waals surface area contributed by atoms with E-state index in [-0.39, 0.29) is 0 Å². The van der Waals surface area contributed by atoms with Crippen molar-refractivity contribution in [3.8, 4) is 0 Å². The van der Waals surface area contributed by atoms with Crippen molar-refractivity contribution in [1.82, 2.24) is 0 Å². The first-order chi connectivity index (χ1) is 11.1. The molecule has 0 nitrogen and oxygen atoms in total. The van der Waals surface area contributed by atoms with Crippen LogP contribution in [0.1, 0.15) is 0 Å². The normalized spacial score (nSPS) is 24.6. The predicted molar refractivity (Wildman–Crippen MR) is 48.1 cm³/mol. The summed E-state index contributed by atoms with van der Waals surface area (Å²) in [5, 5.41) is 0. The Morgan fingerprint density at radius 1 is 0.692 bits per heavy atom. The van der Waals surface area contributed by atoms with Gasteiger partial charge in [0.25, 0.3) is 0 Å². The van der Waals surface area contributed by atoms with Gasteiger partial charge in [-0.25, -0.2) is 8.78 Å². The maximum absolute atomic E-state index is 13.4. The van der Waals surface area contributed by atoms with E-state index in [1.807, 2.05) is 0 Å². The minimum Gasteiger partial charge on any atom is -0.239 e. The van der Waals surface area contributed by atoms with Gasteiger partial charge in [-0.15, -0.1) is 0 Å². The number of hydrogen-bond acceptors (Lipinski definition) is 0. The molecule has 0 radical (unpaired) electrons. The Balaban J connectivity index is 4.14. The second kappa shape index (κ2) is 5.56. The van der Waals surface area contributed by atoms with Crippen LogP contribution in [0.2, 0.25) is 0 Å². The Bertz CT molecular complexity index is 552. The summed E-state index contributed by atoms with van der Waals surface area (Å²) in [7, 11) is 0. The van der Waals surface area contributed by atoms with Crippen LogP contribution in [-0.4, -0.2) is 36.8 Å². The van der Waals surface area contributed by atoms with Crippen LogP contribution < -0.4 is 0 Å². The van der Waals surface area contributed by atoms with E-state index in [0.717, 1.165) is 0 Å². The van der Waals surface area contributed by atoms with Crippen LogP contribution >= 0.6 is 0 Å². The van der Waals surface area contributed by atoms with Crippen molar-refractivity contribution < 1.29 is 70.2 Å². The summed E-state index contributed by atoms with van der Waals surface area (Å²) >= 11 is 0. The van der Waals surface area contributed by atoms with Crippen molar-refractivity contribution in [2.24, 2.45) is 11.3 Å². The van der Waals surface area contributed by atoms with E-state index in [1.165, 1.54) is 0 Å². The van der Waals surface area contributed by atoms with Crippen LogP contribution in [0.3, 0.4) is 0 Å². The molecule has 1 atom stereocenters. The average Bonchev–Trinajstić information content (AvgIpc) is 2.43. The maximum atomic E-state index is 13.4. The molecular weight excluding hydrogens is 424 g/mol. The molecular formula is C10H2F16. The van der Waals surface area contributed by atoms with Gasteiger partial charge in [-0.1, -0.05) is 0 Å². The molecule has 0 amide bonds. The van der Waals surface area contributed by atoms with Crippen molar-refractivity contribution in [2.45, 2.75) is 36.8 Å². The second-order valence-corrected chi connectivity index (χ2v) is 5.03. The van der Waals surface area contributed by atoms with Crippen molar-refractivity contribution in [3.05, 3.63) is 11.4 Å². The highest BCUT2D eigenvalue weighted by atomic mass is 19.4. The molecule has 1 rings (SSSR count). The molecule has 0 saturated carbocycles. The zero-order chi connectivity index (χ0) is 21.3. The molecule has 26 heavy (non-hydrogen) atoms. The van der Waals surface area contributed by atoms with Gasteiger partial charge in [0.2, 0.25) is 5.41 Å². The quantitative estimate of drug-likeness (QED) is 0.448. The first-order valence-electron chi connectivity index (χ1n) is 5.75. The van der Waals surface area contributed by atoms with Gasteiger partial charge < -0.3 is 0 Å².